The minimum Gasteiger partial charge on any atom is -0.373 e. The molecule has 0 saturated carbocycles. The summed E-state index contributed by atoms with van der Waals surface area (Å²) in [7, 11) is 3.92. The number of anilines is 1. The molecule has 1 fully saturated rings. The normalized spacial score (nSPS) is 20.0. The van der Waals surface area contributed by atoms with E-state index in [1.165, 1.54) is 12.8 Å². The van der Waals surface area contributed by atoms with Crippen molar-refractivity contribution in [1.29, 1.82) is 0 Å². The number of amides is 1. The van der Waals surface area contributed by atoms with Gasteiger partial charge in [0.15, 0.2) is 0 Å². The Morgan fingerprint density at radius 2 is 2.37 bits per heavy atom. The number of likely N-dealkylation sites (tertiary alicyclic amines) is 1. The zero-order valence-corrected chi connectivity index (χ0v) is 11.6. The summed E-state index contributed by atoms with van der Waals surface area (Å²) in [5, 5.41) is 5.92. The molecule has 0 aromatic carbocycles. The van der Waals surface area contributed by atoms with E-state index in [4.69, 9.17) is 0 Å². The summed E-state index contributed by atoms with van der Waals surface area (Å²) in [6.45, 7) is 2.95. The molecule has 0 aliphatic carbocycles. The van der Waals surface area contributed by atoms with E-state index in [0.717, 1.165) is 19.6 Å². The van der Waals surface area contributed by atoms with Crippen LogP contribution in [0.3, 0.4) is 0 Å². The summed E-state index contributed by atoms with van der Waals surface area (Å²) in [6.07, 6.45) is 2.40. The second-order valence-electron chi connectivity index (χ2n) is 5.14. The summed E-state index contributed by atoms with van der Waals surface area (Å²) in [5.74, 6) is 1.17. The smallest absolute Gasteiger partial charge is 0.269 e. The maximum absolute atomic E-state index is 12.0. The molecule has 0 bridgehead atoms. The van der Waals surface area contributed by atoms with E-state index >= 15 is 0 Å². The van der Waals surface area contributed by atoms with Gasteiger partial charge in [0.1, 0.15) is 11.5 Å². The number of pyridine rings is 1. The molecule has 1 amide bonds. The topological polar surface area (TPSA) is 57.3 Å². The quantitative estimate of drug-likeness (QED) is 0.856. The zero-order chi connectivity index (χ0) is 13.7. The Morgan fingerprint density at radius 1 is 1.53 bits per heavy atom. The van der Waals surface area contributed by atoms with Crippen molar-refractivity contribution >= 4 is 11.7 Å². The van der Waals surface area contributed by atoms with E-state index in [1.807, 2.05) is 12.1 Å². The summed E-state index contributed by atoms with van der Waals surface area (Å²) < 4.78 is 0. The Kier molecular flexibility index (Phi) is 4.74. The van der Waals surface area contributed by atoms with Gasteiger partial charge in [0.2, 0.25) is 0 Å². The van der Waals surface area contributed by atoms with Crippen molar-refractivity contribution in [3.8, 4) is 0 Å². The van der Waals surface area contributed by atoms with Gasteiger partial charge in [0.25, 0.3) is 5.91 Å². The number of hydrogen-bond donors (Lipinski definition) is 2. The molecule has 1 saturated heterocycles. The standard InChI is InChI=1S/C14H22N4O/c1-15-13-7-3-6-12(17-13)14(19)16-9-11-5-4-8-18(2)10-11/h3,6-7,11H,4-5,8-10H2,1-2H3,(H,15,17)(H,16,19). The minimum absolute atomic E-state index is 0.0923. The van der Waals surface area contributed by atoms with E-state index in [-0.39, 0.29) is 5.91 Å². The van der Waals surface area contributed by atoms with Gasteiger partial charge in [-0.15, -0.1) is 0 Å². The van der Waals surface area contributed by atoms with Crippen LogP contribution in [0.25, 0.3) is 0 Å². The van der Waals surface area contributed by atoms with Crippen LogP contribution < -0.4 is 10.6 Å². The van der Waals surface area contributed by atoms with E-state index in [0.29, 0.717) is 17.4 Å². The SMILES string of the molecule is CNc1cccc(C(=O)NCC2CCCN(C)C2)n1. The van der Waals surface area contributed by atoms with Crippen LogP contribution in [0.15, 0.2) is 18.2 Å². The number of nitrogens with one attached hydrogen (secondary N) is 2. The average Bonchev–Trinajstić information content (AvgIpc) is 2.45. The minimum atomic E-state index is -0.0923. The molecule has 1 aromatic rings. The van der Waals surface area contributed by atoms with Gasteiger partial charge >= 0.3 is 0 Å². The number of hydrogen-bond acceptors (Lipinski definition) is 4. The van der Waals surface area contributed by atoms with Crippen LogP contribution in [-0.4, -0.2) is 49.5 Å². The fourth-order valence-corrected chi connectivity index (χ4v) is 2.47. The third-order valence-corrected chi connectivity index (χ3v) is 3.51. The van der Waals surface area contributed by atoms with Crippen molar-refractivity contribution in [3.63, 3.8) is 0 Å². The molecule has 5 nitrogen and oxygen atoms in total. The van der Waals surface area contributed by atoms with Gasteiger partial charge < -0.3 is 15.5 Å². The average molecular weight is 262 g/mol. The van der Waals surface area contributed by atoms with Crippen LogP contribution >= 0.6 is 0 Å². The number of rotatable bonds is 4. The van der Waals surface area contributed by atoms with Crippen LogP contribution in [0.2, 0.25) is 0 Å². The number of carbonyl (C=O) groups excluding carboxylic acids is 1. The van der Waals surface area contributed by atoms with E-state index in [9.17, 15) is 4.79 Å². The zero-order valence-electron chi connectivity index (χ0n) is 11.6. The number of piperidine rings is 1. The Hall–Kier alpha value is -1.62. The molecule has 1 aromatic heterocycles. The first-order chi connectivity index (χ1) is 9.19. The van der Waals surface area contributed by atoms with E-state index in [1.54, 1.807) is 13.1 Å². The maximum Gasteiger partial charge on any atom is 0.269 e. The molecular formula is C14H22N4O. The first-order valence-corrected chi connectivity index (χ1v) is 6.80. The molecule has 1 aliphatic heterocycles. The Labute approximate surface area is 114 Å². The highest BCUT2D eigenvalue weighted by Crippen LogP contribution is 2.14. The van der Waals surface area contributed by atoms with Gasteiger partial charge in [0, 0.05) is 20.1 Å². The second kappa shape index (κ2) is 6.52. The molecule has 1 unspecified atom stereocenters. The van der Waals surface area contributed by atoms with Crippen molar-refractivity contribution in [2.45, 2.75) is 12.8 Å². The summed E-state index contributed by atoms with van der Waals surface area (Å²) in [5.41, 5.74) is 0.469. The molecule has 104 valence electrons. The van der Waals surface area contributed by atoms with E-state index in [2.05, 4.69) is 27.6 Å². The highest BCUT2D eigenvalue weighted by molar-refractivity contribution is 5.92. The number of carbonyl (C=O) groups is 1. The largest absolute Gasteiger partial charge is 0.373 e. The molecule has 2 rings (SSSR count). The van der Waals surface area contributed by atoms with Gasteiger partial charge in [-0.05, 0) is 44.5 Å². The van der Waals surface area contributed by atoms with Crippen molar-refractivity contribution in [2.24, 2.45) is 5.92 Å². The lowest BCUT2D eigenvalue weighted by molar-refractivity contribution is 0.0932. The van der Waals surface area contributed by atoms with Gasteiger partial charge in [-0.3, -0.25) is 4.79 Å². The first kappa shape index (κ1) is 13.8. The van der Waals surface area contributed by atoms with Gasteiger partial charge in [-0.1, -0.05) is 6.07 Å². The molecule has 5 heteroatoms. The van der Waals surface area contributed by atoms with Gasteiger partial charge in [-0.25, -0.2) is 4.98 Å². The molecule has 1 atom stereocenters. The number of aromatic nitrogens is 1. The fourth-order valence-electron chi connectivity index (χ4n) is 2.47. The van der Waals surface area contributed by atoms with E-state index < -0.39 is 0 Å². The summed E-state index contributed by atoms with van der Waals surface area (Å²) >= 11 is 0. The van der Waals surface area contributed by atoms with Gasteiger partial charge in [0.05, 0.1) is 0 Å². The van der Waals surface area contributed by atoms with Crippen LogP contribution in [0, 0.1) is 5.92 Å². The van der Waals surface area contributed by atoms with Crippen LogP contribution in [0.1, 0.15) is 23.3 Å². The van der Waals surface area contributed by atoms with Crippen molar-refractivity contribution in [1.82, 2.24) is 15.2 Å². The molecule has 0 spiro atoms. The molecule has 0 radical (unpaired) electrons. The monoisotopic (exact) mass is 262 g/mol. The van der Waals surface area contributed by atoms with Crippen molar-refractivity contribution < 1.29 is 4.79 Å². The lowest BCUT2D eigenvalue weighted by atomic mass is 9.98. The Balaban J connectivity index is 1.86. The Bertz CT molecular complexity index is 435. The molecule has 2 heterocycles. The van der Waals surface area contributed by atoms with Crippen LogP contribution in [0.4, 0.5) is 5.82 Å². The predicted octanol–water partition coefficient (Wildman–Crippen LogP) is 1.19. The lowest BCUT2D eigenvalue weighted by Crippen LogP contribution is -2.39. The Morgan fingerprint density at radius 3 is 3.11 bits per heavy atom. The maximum atomic E-state index is 12.0. The van der Waals surface area contributed by atoms with Crippen LogP contribution in [0.5, 0.6) is 0 Å². The second-order valence-corrected chi connectivity index (χ2v) is 5.14. The molecule has 2 N–H and O–H groups in total. The third-order valence-electron chi connectivity index (χ3n) is 3.51. The highest BCUT2D eigenvalue weighted by Gasteiger charge is 2.18. The van der Waals surface area contributed by atoms with Crippen LogP contribution in [-0.2, 0) is 0 Å². The summed E-state index contributed by atoms with van der Waals surface area (Å²) in [6, 6.07) is 5.41. The third kappa shape index (κ3) is 3.92. The highest BCUT2D eigenvalue weighted by atomic mass is 16.1. The van der Waals surface area contributed by atoms with Gasteiger partial charge in [-0.2, -0.15) is 0 Å². The molecule has 1 aliphatic rings. The first-order valence-electron chi connectivity index (χ1n) is 6.80. The molecular weight excluding hydrogens is 240 g/mol. The molecule has 19 heavy (non-hydrogen) atoms. The number of nitrogens with zero attached hydrogens (tertiary/aromatic N) is 2. The summed E-state index contributed by atoms with van der Waals surface area (Å²) in [4.78, 5) is 18.6. The lowest BCUT2D eigenvalue weighted by Gasteiger charge is -2.29. The van der Waals surface area contributed by atoms with Crippen molar-refractivity contribution in [3.05, 3.63) is 23.9 Å². The predicted molar refractivity (Wildman–Crippen MR) is 76.3 cm³/mol. The van der Waals surface area contributed by atoms with Crippen molar-refractivity contribution in [2.75, 3.05) is 39.0 Å². The fraction of sp³-hybridized carbons (Fsp3) is 0.571.